The molecular weight excluding hydrogens is 468 g/mol. The Balaban J connectivity index is 0.00000220. The summed E-state index contributed by atoms with van der Waals surface area (Å²) in [5.41, 5.74) is 0.623. The summed E-state index contributed by atoms with van der Waals surface area (Å²) in [4.78, 5) is 4.17. The van der Waals surface area contributed by atoms with Crippen molar-refractivity contribution in [2.45, 2.75) is 24.6 Å². The van der Waals surface area contributed by atoms with Gasteiger partial charge in [-0.05, 0) is 36.8 Å². The molecule has 3 nitrogen and oxygen atoms in total. The van der Waals surface area contributed by atoms with Crippen LogP contribution in [0.4, 0.5) is 4.39 Å². The topological polar surface area (TPSA) is 36.4 Å². The van der Waals surface area contributed by atoms with Gasteiger partial charge in [0.2, 0.25) is 0 Å². The molecule has 21 heavy (non-hydrogen) atoms. The summed E-state index contributed by atoms with van der Waals surface area (Å²) >= 11 is 5.35. The molecule has 1 aromatic carbocycles. The van der Waals surface area contributed by atoms with Crippen molar-refractivity contribution in [3.8, 4) is 0 Å². The van der Waals surface area contributed by atoms with Crippen LogP contribution in [0.3, 0.4) is 0 Å². The Labute approximate surface area is 155 Å². The molecule has 2 rings (SSSR count). The van der Waals surface area contributed by atoms with E-state index in [-0.39, 0.29) is 29.8 Å². The Morgan fingerprint density at radius 1 is 1.48 bits per heavy atom. The molecular formula is C14H20BrFIN3S. The number of rotatable bonds is 4. The Kier molecular flexibility index (Phi) is 8.96. The zero-order valence-corrected chi connectivity index (χ0v) is 16.6. The van der Waals surface area contributed by atoms with Gasteiger partial charge in [-0.3, -0.25) is 4.99 Å². The first-order chi connectivity index (χ1) is 9.69. The normalized spacial score (nSPS) is 18.2. The van der Waals surface area contributed by atoms with Crippen LogP contribution in [0.25, 0.3) is 0 Å². The quantitative estimate of drug-likeness (QED) is 0.385. The average Bonchev–Trinajstić information content (AvgIpc) is 2.96. The Morgan fingerprint density at radius 2 is 2.29 bits per heavy atom. The van der Waals surface area contributed by atoms with Crippen molar-refractivity contribution in [3.05, 3.63) is 34.1 Å². The van der Waals surface area contributed by atoms with Gasteiger partial charge in [0, 0.05) is 35.4 Å². The van der Waals surface area contributed by atoms with Crippen molar-refractivity contribution in [1.29, 1.82) is 0 Å². The van der Waals surface area contributed by atoms with E-state index in [0.29, 0.717) is 17.4 Å². The van der Waals surface area contributed by atoms with E-state index in [4.69, 9.17) is 0 Å². The number of nitrogens with one attached hydrogen (secondary N) is 2. The third-order valence-corrected chi connectivity index (χ3v) is 5.09. The van der Waals surface area contributed by atoms with Gasteiger partial charge in [-0.1, -0.05) is 15.9 Å². The molecule has 0 radical (unpaired) electrons. The second kappa shape index (κ2) is 9.89. The molecule has 0 aromatic heterocycles. The van der Waals surface area contributed by atoms with Gasteiger partial charge < -0.3 is 10.6 Å². The average molecular weight is 488 g/mol. The predicted molar refractivity (Wildman–Crippen MR) is 103 cm³/mol. The zero-order chi connectivity index (χ0) is 14.4. The summed E-state index contributed by atoms with van der Waals surface area (Å²) in [6, 6.07) is 4.94. The maximum absolute atomic E-state index is 13.6. The molecule has 1 atom stereocenters. The molecule has 1 saturated heterocycles. The molecule has 1 aliphatic rings. The smallest absolute Gasteiger partial charge is 0.191 e. The largest absolute Gasteiger partial charge is 0.355 e. The molecule has 0 amide bonds. The number of nitrogens with zero attached hydrogens (tertiary/aromatic N) is 1. The molecule has 1 aliphatic heterocycles. The molecule has 2 N–H and O–H groups in total. The number of hydrogen-bond acceptors (Lipinski definition) is 2. The summed E-state index contributed by atoms with van der Waals surface area (Å²) in [6.07, 6.45) is 2.56. The highest BCUT2D eigenvalue weighted by molar-refractivity contribution is 14.0. The second-order valence-corrected chi connectivity index (χ2v) is 7.00. The highest BCUT2D eigenvalue weighted by Gasteiger charge is 2.15. The SMILES string of the molecule is CN=C(NCc1cc(Br)ccc1F)NCC1CCCS1.I. The fraction of sp³-hybridized carbons (Fsp3) is 0.500. The van der Waals surface area contributed by atoms with E-state index in [1.54, 1.807) is 19.2 Å². The number of thioether (sulfide) groups is 1. The van der Waals surface area contributed by atoms with Crippen LogP contribution in [0.2, 0.25) is 0 Å². The van der Waals surface area contributed by atoms with Crippen molar-refractivity contribution >= 4 is 57.6 Å². The molecule has 1 heterocycles. The minimum absolute atomic E-state index is 0. The maximum Gasteiger partial charge on any atom is 0.191 e. The predicted octanol–water partition coefficient (Wildman–Crippen LogP) is 3.77. The van der Waals surface area contributed by atoms with E-state index < -0.39 is 0 Å². The van der Waals surface area contributed by atoms with Crippen molar-refractivity contribution in [2.24, 2.45) is 4.99 Å². The molecule has 118 valence electrons. The molecule has 1 aromatic rings. The van der Waals surface area contributed by atoms with Gasteiger partial charge in [0.1, 0.15) is 5.82 Å². The highest BCUT2D eigenvalue weighted by atomic mass is 127. The molecule has 0 aliphatic carbocycles. The third-order valence-electron chi connectivity index (χ3n) is 3.20. The first-order valence-electron chi connectivity index (χ1n) is 6.69. The zero-order valence-electron chi connectivity index (χ0n) is 11.9. The fourth-order valence-electron chi connectivity index (χ4n) is 2.09. The van der Waals surface area contributed by atoms with Crippen LogP contribution in [0, 0.1) is 5.82 Å². The van der Waals surface area contributed by atoms with Gasteiger partial charge in [-0.25, -0.2) is 4.39 Å². The molecule has 7 heteroatoms. The number of benzene rings is 1. The fourth-order valence-corrected chi connectivity index (χ4v) is 3.70. The highest BCUT2D eigenvalue weighted by Crippen LogP contribution is 2.25. The summed E-state index contributed by atoms with van der Waals surface area (Å²) < 4.78 is 14.5. The molecule has 1 unspecified atom stereocenters. The van der Waals surface area contributed by atoms with E-state index >= 15 is 0 Å². The lowest BCUT2D eigenvalue weighted by Gasteiger charge is -2.15. The summed E-state index contributed by atoms with van der Waals surface area (Å²) in [7, 11) is 1.73. The first kappa shape index (κ1) is 19.0. The van der Waals surface area contributed by atoms with Crippen molar-refractivity contribution in [3.63, 3.8) is 0 Å². The van der Waals surface area contributed by atoms with Crippen molar-refractivity contribution < 1.29 is 4.39 Å². The standard InChI is InChI=1S/C14H19BrFN3S.HI/c1-17-14(19-9-12-3-2-6-20-12)18-8-10-7-11(15)4-5-13(10)16;/h4-5,7,12H,2-3,6,8-9H2,1H3,(H2,17,18,19);1H. The van der Waals surface area contributed by atoms with Crippen molar-refractivity contribution in [1.82, 2.24) is 10.6 Å². The Hall–Kier alpha value is -0.0200. The maximum atomic E-state index is 13.6. The number of guanidine groups is 1. The minimum Gasteiger partial charge on any atom is -0.355 e. The summed E-state index contributed by atoms with van der Waals surface area (Å²) in [5.74, 6) is 1.76. The Bertz CT molecular complexity index is 481. The van der Waals surface area contributed by atoms with Crippen LogP contribution in [0.5, 0.6) is 0 Å². The lowest BCUT2D eigenvalue weighted by atomic mass is 10.2. The monoisotopic (exact) mass is 487 g/mol. The number of aliphatic imine (C=N–C) groups is 1. The minimum atomic E-state index is -0.206. The summed E-state index contributed by atoms with van der Waals surface area (Å²) in [6.45, 7) is 1.33. The van der Waals surface area contributed by atoms with Gasteiger partial charge in [0.15, 0.2) is 5.96 Å². The van der Waals surface area contributed by atoms with Crippen LogP contribution < -0.4 is 10.6 Å². The molecule has 0 spiro atoms. The van der Waals surface area contributed by atoms with Gasteiger partial charge in [-0.2, -0.15) is 11.8 Å². The van der Waals surface area contributed by atoms with Crippen LogP contribution >= 0.6 is 51.7 Å². The summed E-state index contributed by atoms with van der Waals surface area (Å²) in [5, 5.41) is 7.11. The third kappa shape index (κ3) is 6.32. The van der Waals surface area contributed by atoms with E-state index in [1.807, 2.05) is 11.8 Å². The number of hydrogen-bond donors (Lipinski definition) is 2. The van der Waals surface area contributed by atoms with E-state index in [0.717, 1.165) is 17.0 Å². The van der Waals surface area contributed by atoms with Crippen LogP contribution in [0.15, 0.2) is 27.7 Å². The van der Waals surface area contributed by atoms with Gasteiger partial charge in [-0.15, -0.1) is 24.0 Å². The van der Waals surface area contributed by atoms with Gasteiger partial charge in [0.25, 0.3) is 0 Å². The van der Waals surface area contributed by atoms with Crippen LogP contribution in [-0.4, -0.2) is 30.6 Å². The molecule has 0 saturated carbocycles. The van der Waals surface area contributed by atoms with E-state index in [1.165, 1.54) is 24.7 Å². The van der Waals surface area contributed by atoms with E-state index in [9.17, 15) is 4.39 Å². The number of halogens is 3. The van der Waals surface area contributed by atoms with Crippen LogP contribution in [0.1, 0.15) is 18.4 Å². The molecule has 0 bridgehead atoms. The van der Waals surface area contributed by atoms with Crippen molar-refractivity contribution in [2.75, 3.05) is 19.3 Å². The first-order valence-corrected chi connectivity index (χ1v) is 8.53. The lowest BCUT2D eigenvalue weighted by molar-refractivity contribution is 0.604. The van der Waals surface area contributed by atoms with Gasteiger partial charge >= 0.3 is 0 Å². The Morgan fingerprint density at radius 3 is 2.95 bits per heavy atom. The second-order valence-electron chi connectivity index (χ2n) is 4.68. The lowest BCUT2D eigenvalue weighted by Crippen LogP contribution is -2.39. The van der Waals surface area contributed by atoms with E-state index in [2.05, 4.69) is 31.6 Å². The van der Waals surface area contributed by atoms with Gasteiger partial charge in [0.05, 0.1) is 0 Å². The molecule has 1 fully saturated rings. The van der Waals surface area contributed by atoms with Crippen LogP contribution in [-0.2, 0) is 6.54 Å².